The Hall–Kier alpha value is -0.900. The fourth-order valence-corrected chi connectivity index (χ4v) is 4.36. The number of methoxy groups -OCH3 is 1. The van der Waals surface area contributed by atoms with Crippen molar-refractivity contribution in [3.05, 3.63) is 0 Å². The maximum Gasteiger partial charge on any atom is 0.319 e. The van der Waals surface area contributed by atoms with Crippen LogP contribution in [0.4, 0.5) is 0 Å². The molecule has 2 saturated carbocycles. The standard InChI is InChI=1S/C15H24O4/c1-10-5-4-6-11-7-15(12(17)8-16,13(18)19-3)9-14(10,11)2/h10-11,16H,4-9H2,1-3H3/t10-,11+,14+,15+/m0/s1. The molecule has 0 aliphatic heterocycles. The highest BCUT2D eigenvalue weighted by Gasteiger charge is 2.61. The molecule has 0 saturated heterocycles. The van der Waals surface area contributed by atoms with Crippen LogP contribution in [0, 0.1) is 22.7 Å². The number of ether oxygens (including phenoxy) is 1. The summed E-state index contributed by atoms with van der Waals surface area (Å²) in [5.41, 5.74) is -1.10. The molecule has 0 amide bonds. The molecule has 0 spiro atoms. The molecule has 0 radical (unpaired) electrons. The zero-order valence-corrected chi connectivity index (χ0v) is 12.1. The van der Waals surface area contributed by atoms with E-state index in [0.29, 0.717) is 24.7 Å². The number of hydrogen-bond donors (Lipinski definition) is 1. The molecule has 4 nitrogen and oxygen atoms in total. The molecule has 2 rings (SSSR count). The van der Waals surface area contributed by atoms with Crippen LogP contribution in [0.15, 0.2) is 0 Å². The molecule has 0 unspecified atom stereocenters. The summed E-state index contributed by atoms with van der Waals surface area (Å²) in [5.74, 6) is 0.0478. The van der Waals surface area contributed by atoms with Crippen LogP contribution >= 0.6 is 0 Å². The number of carbonyl (C=O) groups excluding carboxylic acids is 2. The molecule has 2 fully saturated rings. The molecular formula is C15H24O4. The Morgan fingerprint density at radius 1 is 1.37 bits per heavy atom. The van der Waals surface area contributed by atoms with Crippen LogP contribution in [0.5, 0.6) is 0 Å². The van der Waals surface area contributed by atoms with E-state index in [2.05, 4.69) is 13.8 Å². The number of ketones is 1. The molecule has 1 N–H and O–H groups in total. The summed E-state index contributed by atoms with van der Waals surface area (Å²) in [7, 11) is 1.32. The van der Waals surface area contributed by atoms with Gasteiger partial charge in [-0.25, -0.2) is 0 Å². The zero-order valence-electron chi connectivity index (χ0n) is 12.1. The second-order valence-corrected chi connectivity index (χ2v) is 6.57. The SMILES string of the molecule is COC(=O)[C@]1(C(=O)CO)C[C@H]2CCC[C@H](C)[C@@]2(C)C1. The van der Waals surface area contributed by atoms with Crippen LogP contribution in [0.2, 0.25) is 0 Å². The second-order valence-electron chi connectivity index (χ2n) is 6.57. The van der Waals surface area contributed by atoms with Gasteiger partial charge in [-0.1, -0.05) is 26.7 Å². The third kappa shape index (κ3) is 2.00. The van der Waals surface area contributed by atoms with Crippen molar-refractivity contribution in [2.24, 2.45) is 22.7 Å². The van der Waals surface area contributed by atoms with E-state index in [1.54, 1.807) is 0 Å². The Kier molecular flexibility index (Phi) is 3.74. The van der Waals surface area contributed by atoms with Gasteiger partial charge >= 0.3 is 5.97 Å². The van der Waals surface area contributed by atoms with Crippen molar-refractivity contribution in [3.63, 3.8) is 0 Å². The van der Waals surface area contributed by atoms with Gasteiger partial charge in [0.05, 0.1) is 7.11 Å². The first kappa shape index (κ1) is 14.5. The minimum Gasteiger partial charge on any atom is -0.468 e. The van der Waals surface area contributed by atoms with Crippen molar-refractivity contribution in [1.82, 2.24) is 0 Å². The van der Waals surface area contributed by atoms with Crippen LogP contribution < -0.4 is 0 Å². The van der Waals surface area contributed by atoms with Crippen molar-refractivity contribution in [1.29, 1.82) is 0 Å². The summed E-state index contributed by atoms with van der Waals surface area (Å²) in [5, 5.41) is 9.23. The maximum atomic E-state index is 12.2. The summed E-state index contributed by atoms with van der Waals surface area (Å²) in [6.07, 6.45) is 4.44. The first-order chi connectivity index (χ1) is 8.90. The molecule has 2 aliphatic rings. The summed E-state index contributed by atoms with van der Waals surface area (Å²) in [6, 6.07) is 0. The number of aliphatic hydroxyl groups excluding tert-OH is 1. The number of aliphatic hydroxyl groups is 1. The van der Waals surface area contributed by atoms with Gasteiger partial charge in [0.25, 0.3) is 0 Å². The van der Waals surface area contributed by atoms with Crippen LogP contribution in [-0.2, 0) is 14.3 Å². The first-order valence-corrected chi connectivity index (χ1v) is 7.13. The number of fused-ring (bicyclic) bond motifs is 1. The molecular weight excluding hydrogens is 244 g/mol. The van der Waals surface area contributed by atoms with E-state index in [1.807, 2.05) is 0 Å². The van der Waals surface area contributed by atoms with Gasteiger partial charge in [-0.15, -0.1) is 0 Å². The Morgan fingerprint density at radius 2 is 2.05 bits per heavy atom. The predicted octanol–water partition coefficient (Wildman–Crippen LogP) is 1.94. The van der Waals surface area contributed by atoms with E-state index in [4.69, 9.17) is 4.74 Å². The molecule has 0 aromatic rings. The quantitative estimate of drug-likeness (QED) is 0.627. The lowest BCUT2D eigenvalue weighted by Crippen LogP contribution is -2.41. The summed E-state index contributed by atoms with van der Waals surface area (Å²) < 4.78 is 4.88. The number of carbonyl (C=O) groups is 2. The van der Waals surface area contributed by atoms with Gasteiger partial charge in [0, 0.05) is 0 Å². The van der Waals surface area contributed by atoms with Crippen LogP contribution in [-0.4, -0.2) is 30.6 Å². The fourth-order valence-electron chi connectivity index (χ4n) is 4.36. The molecule has 19 heavy (non-hydrogen) atoms. The third-order valence-corrected chi connectivity index (χ3v) is 5.78. The highest BCUT2D eigenvalue weighted by molar-refractivity contribution is 6.04. The van der Waals surface area contributed by atoms with Crippen molar-refractivity contribution in [2.45, 2.75) is 46.0 Å². The van der Waals surface area contributed by atoms with E-state index in [1.165, 1.54) is 7.11 Å². The van der Waals surface area contributed by atoms with E-state index in [-0.39, 0.29) is 11.2 Å². The van der Waals surface area contributed by atoms with Gasteiger partial charge < -0.3 is 9.84 Å². The lowest BCUT2D eigenvalue weighted by Gasteiger charge is -2.42. The molecule has 0 aromatic heterocycles. The Bertz CT molecular complexity index is 374. The van der Waals surface area contributed by atoms with Gasteiger partial charge in [-0.2, -0.15) is 0 Å². The summed E-state index contributed by atoms with van der Waals surface area (Å²) in [4.78, 5) is 24.4. The van der Waals surface area contributed by atoms with E-state index in [0.717, 1.165) is 19.3 Å². The average Bonchev–Trinajstić information content (AvgIpc) is 2.73. The van der Waals surface area contributed by atoms with Gasteiger partial charge in [-0.05, 0) is 36.5 Å². The van der Waals surface area contributed by atoms with E-state index < -0.39 is 18.0 Å². The third-order valence-electron chi connectivity index (χ3n) is 5.78. The van der Waals surface area contributed by atoms with Crippen LogP contribution in [0.3, 0.4) is 0 Å². The minimum absolute atomic E-state index is 0.0112. The van der Waals surface area contributed by atoms with Gasteiger partial charge in [0.2, 0.25) is 0 Å². The number of hydrogen-bond acceptors (Lipinski definition) is 4. The molecule has 0 heterocycles. The van der Waals surface area contributed by atoms with Crippen LogP contribution in [0.25, 0.3) is 0 Å². The molecule has 4 heteroatoms. The number of Topliss-reactive ketones (excluding diaryl/α,β-unsaturated/α-hetero) is 1. The summed E-state index contributed by atoms with van der Waals surface area (Å²) >= 11 is 0. The average molecular weight is 268 g/mol. The molecule has 108 valence electrons. The zero-order chi connectivity index (χ0) is 14.3. The highest BCUT2D eigenvalue weighted by atomic mass is 16.5. The molecule has 0 bridgehead atoms. The lowest BCUT2D eigenvalue weighted by atomic mass is 9.63. The van der Waals surface area contributed by atoms with Crippen molar-refractivity contribution in [2.75, 3.05) is 13.7 Å². The topological polar surface area (TPSA) is 63.6 Å². The first-order valence-electron chi connectivity index (χ1n) is 7.13. The van der Waals surface area contributed by atoms with Gasteiger partial charge in [0.15, 0.2) is 5.78 Å². The van der Waals surface area contributed by atoms with E-state index >= 15 is 0 Å². The fraction of sp³-hybridized carbons (Fsp3) is 0.867. The summed E-state index contributed by atoms with van der Waals surface area (Å²) in [6.45, 7) is 3.83. The Balaban J connectivity index is 2.38. The van der Waals surface area contributed by atoms with Crippen LogP contribution in [0.1, 0.15) is 46.0 Å². The largest absolute Gasteiger partial charge is 0.468 e. The van der Waals surface area contributed by atoms with Crippen molar-refractivity contribution in [3.8, 4) is 0 Å². The normalized spacial score (nSPS) is 41.7. The van der Waals surface area contributed by atoms with Gasteiger partial charge in [0.1, 0.15) is 12.0 Å². The van der Waals surface area contributed by atoms with Crippen molar-refractivity contribution < 1.29 is 19.4 Å². The highest BCUT2D eigenvalue weighted by Crippen LogP contribution is 2.61. The predicted molar refractivity (Wildman–Crippen MR) is 70.4 cm³/mol. The number of esters is 1. The number of rotatable bonds is 3. The van der Waals surface area contributed by atoms with E-state index in [9.17, 15) is 14.7 Å². The van der Waals surface area contributed by atoms with Crippen molar-refractivity contribution >= 4 is 11.8 Å². The minimum atomic E-state index is -1.11. The Morgan fingerprint density at radius 3 is 2.58 bits per heavy atom. The molecule has 4 atom stereocenters. The monoisotopic (exact) mass is 268 g/mol. The molecule has 2 aliphatic carbocycles. The smallest absolute Gasteiger partial charge is 0.319 e. The Labute approximate surface area is 114 Å². The van der Waals surface area contributed by atoms with Gasteiger partial charge in [-0.3, -0.25) is 9.59 Å². The molecule has 0 aromatic carbocycles. The maximum absolute atomic E-state index is 12.2. The lowest BCUT2D eigenvalue weighted by molar-refractivity contribution is -0.159. The second kappa shape index (κ2) is 4.89.